The first-order valence-electron chi connectivity index (χ1n) is 2.55. The Hall–Kier alpha value is -0.465. The van der Waals surface area contributed by atoms with Crippen molar-refractivity contribution in [3.05, 3.63) is 0 Å². The Balaban J connectivity index is 2.82. The van der Waals surface area contributed by atoms with Gasteiger partial charge in [-0.3, -0.25) is 4.79 Å². The normalized spacial score (nSPS) is 8.14. The quantitative estimate of drug-likeness (QED) is 0.487. The summed E-state index contributed by atoms with van der Waals surface area (Å²) < 4.78 is 0. The van der Waals surface area contributed by atoms with Gasteiger partial charge in [0.2, 0.25) is 5.91 Å². The Kier molecular flexibility index (Phi) is 3.47. The smallest absolute Gasteiger partial charge is 0.216 e. The molecule has 0 aromatic carbocycles. The molecule has 1 amide bonds. The minimum Gasteiger partial charge on any atom is -0.370 e. The van der Waals surface area contributed by atoms with Crippen LogP contribution < -0.4 is 5.73 Å². The maximum atomic E-state index is 9.98. The molecule has 0 aliphatic carbocycles. The van der Waals surface area contributed by atoms with Crippen LogP contribution in [0.3, 0.4) is 0 Å². The molecule has 0 heterocycles. The van der Waals surface area contributed by atoms with E-state index in [4.69, 9.17) is 5.73 Å². The average Bonchev–Trinajstić information content (AvgIpc) is 1.61. The van der Waals surface area contributed by atoms with E-state index in [1.807, 2.05) is 6.82 Å². The average molecular weight is 98.9 g/mol. The Morgan fingerprint density at radius 3 is 2.57 bits per heavy atom. The molecule has 0 aromatic rings. The van der Waals surface area contributed by atoms with Crippen LogP contribution in [0.5, 0.6) is 0 Å². The fraction of sp³-hybridized carbons (Fsp3) is 0.750. The van der Waals surface area contributed by atoms with Crippen LogP contribution in [0.15, 0.2) is 0 Å². The van der Waals surface area contributed by atoms with Crippen molar-refractivity contribution < 1.29 is 4.79 Å². The van der Waals surface area contributed by atoms with Crippen molar-refractivity contribution in [1.82, 2.24) is 0 Å². The molecule has 40 valence electrons. The first-order chi connectivity index (χ1) is 3.27. The van der Waals surface area contributed by atoms with Gasteiger partial charge in [-0.05, 0) is 0 Å². The summed E-state index contributed by atoms with van der Waals surface area (Å²) in [7, 11) is 1.04. The Labute approximate surface area is 44.3 Å². The number of hydrogen-bond acceptors (Lipinski definition) is 1. The van der Waals surface area contributed by atoms with E-state index < -0.39 is 0 Å². The molecule has 7 heavy (non-hydrogen) atoms. The summed E-state index contributed by atoms with van der Waals surface area (Å²) in [5, 5.41) is 0. The highest BCUT2D eigenvalue weighted by Gasteiger charge is 1.89. The highest BCUT2D eigenvalue weighted by molar-refractivity contribution is 6.33. The summed E-state index contributed by atoms with van der Waals surface area (Å²) in [6.07, 6.45) is 1.46. The fourth-order valence-corrected chi connectivity index (χ4v) is 0.351. The van der Waals surface area contributed by atoms with Crippen LogP contribution in [-0.2, 0) is 4.79 Å². The summed E-state index contributed by atoms with van der Waals surface area (Å²) in [6.45, 7) is 2.03. The number of carbonyl (C=O) groups is 1. The molecule has 0 aromatic heterocycles. The zero-order valence-electron chi connectivity index (χ0n) is 4.61. The van der Waals surface area contributed by atoms with Gasteiger partial charge in [-0.1, -0.05) is 13.1 Å². The number of rotatable bonds is 3. The van der Waals surface area contributed by atoms with Crippen molar-refractivity contribution in [2.24, 2.45) is 5.73 Å². The largest absolute Gasteiger partial charge is 0.370 e. The molecule has 0 saturated heterocycles. The van der Waals surface area contributed by atoms with Crippen LogP contribution in [0, 0.1) is 0 Å². The number of primary amides is 1. The zero-order chi connectivity index (χ0) is 5.70. The molecule has 0 unspecified atom stereocenters. The highest BCUT2D eigenvalue weighted by atomic mass is 16.1. The van der Waals surface area contributed by atoms with Crippen molar-refractivity contribution in [2.45, 2.75) is 19.6 Å². The SMILES string of the molecule is CBCCC(N)=O. The summed E-state index contributed by atoms with van der Waals surface area (Å²) in [6, 6.07) is 0. The Morgan fingerprint density at radius 1 is 1.86 bits per heavy atom. The second kappa shape index (κ2) is 3.72. The van der Waals surface area contributed by atoms with Gasteiger partial charge < -0.3 is 5.73 Å². The van der Waals surface area contributed by atoms with Gasteiger partial charge in [-0.15, -0.1) is 0 Å². The molecule has 0 spiro atoms. The molecule has 0 fully saturated rings. The lowest BCUT2D eigenvalue weighted by Crippen LogP contribution is -2.09. The molecule has 0 radical (unpaired) electrons. The highest BCUT2D eigenvalue weighted by Crippen LogP contribution is 1.83. The van der Waals surface area contributed by atoms with Crippen molar-refractivity contribution in [3.63, 3.8) is 0 Å². The first-order valence-corrected chi connectivity index (χ1v) is 2.55. The van der Waals surface area contributed by atoms with Gasteiger partial charge in [-0.2, -0.15) is 0 Å². The van der Waals surface area contributed by atoms with Gasteiger partial charge in [0, 0.05) is 6.42 Å². The summed E-state index contributed by atoms with van der Waals surface area (Å²) >= 11 is 0. The van der Waals surface area contributed by atoms with Crippen LogP contribution in [0.4, 0.5) is 0 Å². The first kappa shape index (κ1) is 6.53. The lowest BCUT2D eigenvalue weighted by molar-refractivity contribution is -0.117. The van der Waals surface area contributed by atoms with Crippen LogP contribution in [0.2, 0.25) is 13.1 Å². The monoisotopic (exact) mass is 99.1 g/mol. The van der Waals surface area contributed by atoms with Gasteiger partial charge in [0.05, 0.1) is 0 Å². The Morgan fingerprint density at radius 2 is 2.43 bits per heavy atom. The second-order valence-electron chi connectivity index (χ2n) is 1.57. The molecule has 0 atom stereocenters. The van der Waals surface area contributed by atoms with Crippen LogP contribution in [0.25, 0.3) is 0 Å². The molecular weight excluding hydrogens is 88.9 g/mol. The molecule has 0 aliphatic rings. The third-order valence-electron chi connectivity index (χ3n) is 0.777. The van der Waals surface area contributed by atoms with Crippen molar-refractivity contribution in [1.29, 1.82) is 0 Å². The number of carbonyl (C=O) groups excluding carboxylic acids is 1. The van der Waals surface area contributed by atoms with Crippen LogP contribution in [-0.4, -0.2) is 13.2 Å². The van der Waals surface area contributed by atoms with Gasteiger partial charge >= 0.3 is 0 Å². The van der Waals surface area contributed by atoms with E-state index in [1.165, 1.54) is 0 Å². The molecule has 0 saturated carbocycles. The molecule has 2 nitrogen and oxygen atoms in total. The van der Waals surface area contributed by atoms with E-state index in [0.29, 0.717) is 6.42 Å². The minimum atomic E-state index is -0.193. The third kappa shape index (κ3) is 5.53. The zero-order valence-corrected chi connectivity index (χ0v) is 4.61. The summed E-state index contributed by atoms with van der Waals surface area (Å²) in [5.74, 6) is -0.193. The van der Waals surface area contributed by atoms with Crippen molar-refractivity contribution in [2.75, 3.05) is 0 Å². The number of hydrogen-bond donors (Lipinski definition) is 1. The standard InChI is InChI=1S/C4H10BNO/c1-5-3-2-4(6)7/h5H,2-3H2,1H3,(H2,6,7). The van der Waals surface area contributed by atoms with Crippen LogP contribution in [0.1, 0.15) is 6.42 Å². The number of amides is 1. The topological polar surface area (TPSA) is 43.1 Å². The van der Waals surface area contributed by atoms with E-state index >= 15 is 0 Å². The molecule has 0 rings (SSSR count). The van der Waals surface area contributed by atoms with Crippen LogP contribution >= 0.6 is 0 Å². The fourth-order valence-electron chi connectivity index (χ4n) is 0.351. The maximum absolute atomic E-state index is 9.98. The summed E-state index contributed by atoms with van der Waals surface area (Å²) in [4.78, 5) is 9.98. The molecule has 2 N–H and O–H groups in total. The Bertz CT molecular complexity index is 64.7. The molecule has 3 heteroatoms. The van der Waals surface area contributed by atoms with Gasteiger partial charge in [0.15, 0.2) is 0 Å². The number of nitrogens with two attached hydrogens (primary N) is 1. The molecule has 0 bridgehead atoms. The third-order valence-corrected chi connectivity index (χ3v) is 0.777. The van der Waals surface area contributed by atoms with Gasteiger partial charge in [0.1, 0.15) is 7.28 Å². The van der Waals surface area contributed by atoms with E-state index in [9.17, 15) is 4.79 Å². The maximum Gasteiger partial charge on any atom is 0.216 e. The predicted octanol–water partition coefficient (Wildman–Crippen LogP) is -0.235. The van der Waals surface area contributed by atoms with Gasteiger partial charge in [-0.25, -0.2) is 0 Å². The van der Waals surface area contributed by atoms with E-state index in [0.717, 1.165) is 13.6 Å². The van der Waals surface area contributed by atoms with Crippen molar-refractivity contribution >= 4 is 13.2 Å². The van der Waals surface area contributed by atoms with Crippen molar-refractivity contribution in [3.8, 4) is 0 Å². The van der Waals surface area contributed by atoms with E-state index in [1.54, 1.807) is 0 Å². The van der Waals surface area contributed by atoms with Gasteiger partial charge in [0.25, 0.3) is 0 Å². The molecular formula is C4H10BNO. The molecule has 0 aliphatic heterocycles. The second-order valence-corrected chi connectivity index (χ2v) is 1.57. The lowest BCUT2D eigenvalue weighted by Gasteiger charge is -1.85. The van der Waals surface area contributed by atoms with E-state index in [-0.39, 0.29) is 5.91 Å². The summed E-state index contributed by atoms with van der Waals surface area (Å²) in [5.41, 5.74) is 4.84. The van der Waals surface area contributed by atoms with E-state index in [2.05, 4.69) is 0 Å². The minimum absolute atomic E-state index is 0.193. The predicted molar refractivity (Wildman–Crippen MR) is 31.6 cm³/mol. The lowest BCUT2D eigenvalue weighted by atomic mass is 9.77.